The predicted molar refractivity (Wildman–Crippen MR) is 83.3 cm³/mol. The molecule has 5 heteroatoms. The van der Waals surface area contributed by atoms with Gasteiger partial charge in [-0.3, -0.25) is 4.98 Å². The van der Waals surface area contributed by atoms with Gasteiger partial charge in [-0.25, -0.2) is 0 Å². The highest BCUT2D eigenvalue weighted by Gasteiger charge is 2.12. The molecule has 1 aromatic carbocycles. The van der Waals surface area contributed by atoms with Crippen molar-refractivity contribution < 1.29 is 9.47 Å². The van der Waals surface area contributed by atoms with Gasteiger partial charge in [-0.1, -0.05) is 11.8 Å². The second-order valence-corrected chi connectivity index (χ2v) is 5.98. The smallest absolute Gasteiger partial charge is 0.162 e. The summed E-state index contributed by atoms with van der Waals surface area (Å²) in [5, 5.41) is 3.18. The molecule has 0 aliphatic carbocycles. The van der Waals surface area contributed by atoms with Gasteiger partial charge >= 0.3 is 0 Å². The Morgan fingerprint density at radius 1 is 1.10 bits per heavy atom. The van der Waals surface area contributed by atoms with E-state index in [1.807, 2.05) is 31.4 Å². The van der Waals surface area contributed by atoms with Gasteiger partial charge in [0.25, 0.3) is 0 Å². The number of ether oxygens (including phenoxy) is 2. The fourth-order valence-electron chi connectivity index (χ4n) is 2.08. The van der Waals surface area contributed by atoms with Crippen molar-refractivity contribution in [3.8, 4) is 11.5 Å². The number of hydrogen-bond acceptors (Lipinski definition) is 5. The molecule has 0 fully saturated rings. The largest absolute Gasteiger partial charge is 0.486 e. The molecule has 2 aromatic rings. The minimum absolute atomic E-state index is 0.262. The summed E-state index contributed by atoms with van der Waals surface area (Å²) >= 11 is 1.67. The van der Waals surface area contributed by atoms with Gasteiger partial charge in [-0.05, 0) is 44.3 Å². The van der Waals surface area contributed by atoms with E-state index in [9.17, 15) is 0 Å². The Bertz CT molecular complexity index is 616. The molecule has 0 spiro atoms. The molecule has 4 nitrogen and oxygen atoms in total. The van der Waals surface area contributed by atoms with Crippen LogP contribution in [0.3, 0.4) is 0 Å². The van der Waals surface area contributed by atoms with E-state index in [4.69, 9.17) is 9.47 Å². The number of rotatable bonds is 4. The van der Waals surface area contributed by atoms with E-state index < -0.39 is 0 Å². The molecule has 1 N–H and O–H groups in total. The van der Waals surface area contributed by atoms with Crippen molar-refractivity contribution in [3.05, 3.63) is 42.2 Å². The summed E-state index contributed by atoms with van der Waals surface area (Å²) in [6, 6.07) is 10.4. The maximum atomic E-state index is 5.60. The monoisotopic (exact) mass is 302 g/mol. The number of nitrogens with one attached hydrogen (secondary N) is 1. The van der Waals surface area contributed by atoms with E-state index in [-0.39, 0.29) is 6.04 Å². The van der Waals surface area contributed by atoms with Crippen LogP contribution < -0.4 is 14.8 Å². The van der Waals surface area contributed by atoms with Crippen LogP contribution >= 0.6 is 11.8 Å². The lowest BCUT2D eigenvalue weighted by Crippen LogP contribution is -2.15. The second-order valence-electron chi connectivity index (χ2n) is 4.84. The standard InChI is InChI=1S/C16H18N2O2S/c1-11(17-2)14-5-3-13(10-18-14)21-12-4-6-15-16(9-12)20-8-7-19-15/h3-6,9-11,17H,7-8H2,1-2H3. The summed E-state index contributed by atoms with van der Waals surface area (Å²) < 4.78 is 11.1. The average molecular weight is 302 g/mol. The number of pyridine rings is 1. The first kappa shape index (κ1) is 14.2. The van der Waals surface area contributed by atoms with Crippen LogP contribution in [0, 0.1) is 0 Å². The minimum Gasteiger partial charge on any atom is -0.486 e. The molecule has 1 atom stereocenters. The Balaban J connectivity index is 1.74. The van der Waals surface area contributed by atoms with E-state index in [0.29, 0.717) is 13.2 Å². The van der Waals surface area contributed by atoms with Crippen LogP contribution in [-0.4, -0.2) is 25.2 Å². The summed E-state index contributed by atoms with van der Waals surface area (Å²) in [4.78, 5) is 6.72. The van der Waals surface area contributed by atoms with E-state index in [1.165, 1.54) is 0 Å². The molecule has 3 rings (SSSR count). The Kier molecular flexibility index (Phi) is 4.31. The number of fused-ring (bicyclic) bond motifs is 1. The zero-order valence-corrected chi connectivity index (χ0v) is 12.9. The van der Waals surface area contributed by atoms with Crippen molar-refractivity contribution >= 4 is 11.8 Å². The Morgan fingerprint density at radius 2 is 1.86 bits per heavy atom. The molecule has 1 aliphatic heterocycles. The molecule has 1 aliphatic rings. The molecular weight excluding hydrogens is 284 g/mol. The number of hydrogen-bond donors (Lipinski definition) is 1. The molecule has 0 saturated carbocycles. The molecule has 0 bridgehead atoms. The molecular formula is C16H18N2O2S. The first-order chi connectivity index (χ1) is 10.3. The summed E-state index contributed by atoms with van der Waals surface area (Å²) in [6.45, 7) is 3.32. The predicted octanol–water partition coefficient (Wildman–Crippen LogP) is 3.28. The van der Waals surface area contributed by atoms with Gasteiger partial charge in [-0.15, -0.1) is 0 Å². The summed E-state index contributed by atoms with van der Waals surface area (Å²) in [5.41, 5.74) is 1.05. The number of nitrogens with zero attached hydrogens (tertiary/aromatic N) is 1. The van der Waals surface area contributed by atoms with Crippen molar-refractivity contribution in [1.82, 2.24) is 10.3 Å². The molecule has 2 heterocycles. The molecule has 21 heavy (non-hydrogen) atoms. The van der Waals surface area contributed by atoms with Crippen molar-refractivity contribution in [2.24, 2.45) is 0 Å². The molecule has 0 radical (unpaired) electrons. The lowest BCUT2D eigenvalue weighted by Gasteiger charge is -2.18. The Morgan fingerprint density at radius 3 is 2.57 bits per heavy atom. The SMILES string of the molecule is CNC(C)c1ccc(Sc2ccc3c(c2)OCCO3)cn1. The summed E-state index contributed by atoms with van der Waals surface area (Å²) in [5.74, 6) is 1.64. The third-order valence-electron chi connectivity index (χ3n) is 3.39. The topological polar surface area (TPSA) is 43.4 Å². The summed E-state index contributed by atoms with van der Waals surface area (Å²) in [6.07, 6.45) is 1.91. The normalized spacial score (nSPS) is 14.8. The average Bonchev–Trinajstić information content (AvgIpc) is 2.55. The molecule has 0 amide bonds. The van der Waals surface area contributed by atoms with Crippen molar-refractivity contribution in [3.63, 3.8) is 0 Å². The lowest BCUT2D eigenvalue weighted by molar-refractivity contribution is 0.171. The van der Waals surface area contributed by atoms with E-state index in [0.717, 1.165) is 27.0 Å². The van der Waals surface area contributed by atoms with E-state index in [2.05, 4.69) is 29.4 Å². The van der Waals surface area contributed by atoms with Crippen molar-refractivity contribution in [2.45, 2.75) is 22.8 Å². The zero-order valence-electron chi connectivity index (χ0n) is 12.1. The molecule has 1 aromatic heterocycles. The fourth-order valence-corrected chi connectivity index (χ4v) is 2.90. The van der Waals surface area contributed by atoms with Gasteiger partial charge < -0.3 is 14.8 Å². The van der Waals surface area contributed by atoms with Gasteiger partial charge in [0.05, 0.1) is 5.69 Å². The number of aromatic nitrogens is 1. The second kappa shape index (κ2) is 6.37. The highest BCUT2D eigenvalue weighted by Crippen LogP contribution is 2.36. The van der Waals surface area contributed by atoms with Crippen LogP contribution in [0.2, 0.25) is 0 Å². The van der Waals surface area contributed by atoms with Crippen LogP contribution in [0.25, 0.3) is 0 Å². The first-order valence-electron chi connectivity index (χ1n) is 6.97. The Hall–Kier alpha value is -1.72. The van der Waals surface area contributed by atoms with Crippen LogP contribution in [0.15, 0.2) is 46.3 Å². The third kappa shape index (κ3) is 3.31. The van der Waals surface area contributed by atoms with Gasteiger partial charge in [0.1, 0.15) is 13.2 Å². The lowest BCUT2D eigenvalue weighted by atomic mass is 10.2. The van der Waals surface area contributed by atoms with Crippen LogP contribution in [0.1, 0.15) is 18.7 Å². The minimum atomic E-state index is 0.262. The third-order valence-corrected chi connectivity index (χ3v) is 4.35. The Labute approximate surface area is 128 Å². The van der Waals surface area contributed by atoms with Gasteiger partial charge in [-0.2, -0.15) is 0 Å². The maximum absolute atomic E-state index is 5.60. The quantitative estimate of drug-likeness (QED) is 0.939. The highest BCUT2D eigenvalue weighted by molar-refractivity contribution is 7.99. The highest BCUT2D eigenvalue weighted by atomic mass is 32.2. The summed E-state index contributed by atoms with van der Waals surface area (Å²) in [7, 11) is 1.93. The van der Waals surface area contributed by atoms with Crippen LogP contribution in [0.5, 0.6) is 11.5 Å². The zero-order chi connectivity index (χ0) is 14.7. The van der Waals surface area contributed by atoms with E-state index >= 15 is 0 Å². The van der Waals surface area contributed by atoms with Crippen molar-refractivity contribution in [1.29, 1.82) is 0 Å². The fraction of sp³-hybridized carbons (Fsp3) is 0.312. The maximum Gasteiger partial charge on any atom is 0.162 e. The van der Waals surface area contributed by atoms with E-state index in [1.54, 1.807) is 11.8 Å². The van der Waals surface area contributed by atoms with Crippen LogP contribution in [-0.2, 0) is 0 Å². The molecule has 1 unspecified atom stereocenters. The van der Waals surface area contributed by atoms with Crippen molar-refractivity contribution in [2.75, 3.05) is 20.3 Å². The van der Waals surface area contributed by atoms with Crippen LogP contribution in [0.4, 0.5) is 0 Å². The van der Waals surface area contributed by atoms with Gasteiger partial charge in [0.2, 0.25) is 0 Å². The number of benzene rings is 1. The van der Waals surface area contributed by atoms with Gasteiger partial charge in [0.15, 0.2) is 11.5 Å². The molecule has 110 valence electrons. The first-order valence-corrected chi connectivity index (χ1v) is 7.78. The van der Waals surface area contributed by atoms with Gasteiger partial charge in [0, 0.05) is 22.0 Å². The molecule has 0 saturated heterocycles.